The highest BCUT2D eigenvalue weighted by Gasteiger charge is 2.37. The summed E-state index contributed by atoms with van der Waals surface area (Å²) in [5.41, 5.74) is 0.873. The van der Waals surface area contributed by atoms with Crippen molar-refractivity contribution in [2.75, 3.05) is 20.7 Å². The first-order chi connectivity index (χ1) is 10.2. The van der Waals surface area contributed by atoms with E-state index >= 15 is 0 Å². The molecule has 0 aliphatic carbocycles. The van der Waals surface area contributed by atoms with Crippen molar-refractivity contribution in [1.82, 2.24) is 10.2 Å². The van der Waals surface area contributed by atoms with Crippen LogP contribution in [-0.4, -0.2) is 43.7 Å². The van der Waals surface area contributed by atoms with E-state index in [2.05, 4.69) is 17.3 Å². The second-order valence-electron chi connectivity index (χ2n) is 6.29. The van der Waals surface area contributed by atoms with Crippen molar-refractivity contribution < 1.29 is 13.9 Å². The second kappa shape index (κ2) is 6.20. The number of methoxy groups -OCH3 is 1. The number of esters is 1. The third-order valence-electron chi connectivity index (χ3n) is 5.06. The zero-order valence-electron chi connectivity index (χ0n) is 12.8. The van der Waals surface area contributed by atoms with Gasteiger partial charge in [-0.3, -0.25) is 0 Å². The Kier molecular flexibility index (Phi) is 4.31. The van der Waals surface area contributed by atoms with Gasteiger partial charge < -0.3 is 19.4 Å². The van der Waals surface area contributed by atoms with Gasteiger partial charge in [0.25, 0.3) is 0 Å². The van der Waals surface area contributed by atoms with E-state index in [0.29, 0.717) is 12.3 Å². The van der Waals surface area contributed by atoms with Crippen molar-refractivity contribution in [2.45, 2.75) is 44.3 Å². The fourth-order valence-corrected chi connectivity index (χ4v) is 3.85. The van der Waals surface area contributed by atoms with Gasteiger partial charge in [0.15, 0.2) is 0 Å². The number of hydrogen-bond donors (Lipinski definition) is 1. The van der Waals surface area contributed by atoms with Crippen LogP contribution in [0.25, 0.3) is 0 Å². The molecule has 1 aromatic rings. The number of rotatable bonds is 5. The molecular formula is C16H24N2O3. The number of carbonyl (C=O) groups excluding carboxylic acids is 1. The number of furan rings is 1. The monoisotopic (exact) mass is 292 g/mol. The van der Waals surface area contributed by atoms with Crippen molar-refractivity contribution in [3.63, 3.8) is 0 Å². The largest absolute Gasteiger partial charge is 0.463 e. The Morgan fingerprint density at radius 3 is 2.81 bits per heavy atom. The van der Waals surface area contributed by atoms with E-state index in [4.69, 9.17) is 9.15 Å². The van der Waals surface area contributed by atoms with Gasteiger partial charge in [-0.25, -0.2) is 4.79 Å². The van der Waals surface area contributed by atoms with E-state index in [0.717, 1.165) is 30.1 Å². The Labute approximate surface area is 125 Å². The average molecular weight is 292 g/mol. The molecule has 116 valence electrons. The van der Waals surface area contributed by atoms with Crippen LogP contribution in [-0.2, 0) is 11.3 Å². The van der Waals surface area contributed by atoms with E-state index in [1.54, 1.807) is 6.26 Å². The summed E-state index contributed by atoms with van der Waals surface area (Å²) in [6, 6.07) is 3.38. The van der Waals surface area contributed by atoms with Crippen LogP contribution in [0.1, 0.15) is 41.8 Å². The molecule has 2 saturated heterocycles. The number of fused-ring (bicyclic) bond motifs is 2. The van der Waals surface area contributed by atoms with Crippen molar-refractivity contribution in [3.05, 3.63) is 23.7 Å². The van der Waals surface area contributed by atoms with E-state index in [1.165, 1.54) is 32.8 Å². The molecule has 0 radical (unpaired) electrons. The zero-order chi connectivity index (χ0) is 14.8. The first-order valence-electron chi connectivity index (χ1n) is 7.76. The Hall–Kier alpha value is -1.33. The third-order valence-corrected chi connectivity index (χ3v) is 5.06. The van der Waals surface area contributed by atoms with Crippen LogP contribution in [0, 0.1) is 5.92 Å². The molecule has 5 nitrogen and oxygen atoms in total. The van der Waals surface area contributed by atoms with Gasteiger partial charge in [-0.15, -0.1) is 0 Å². The van der Waals surface area contributed by atoms with E-state index in [9.17, 15) is 4.79 Å². The Morgan fingerprint density at radius 2 is 2.14 bits per heavy atom. The van der Waals surface area contributed by atoms with Crippen molar-refractivity contribution in [2.24, 2.45) is 5.92 Å². The van der Waals surface area contributed by atoms with Crippen molar-refractivity contribution >= 4 is 5.97 Å². The molecule has 2 fully saturated rings. The molecule has 2 aliphatic heterocycles. The van der Waals surface area contributed by atoms with Gasteiger partial charge in [-0.1, -0.05) is 0 Å². The molecule has 1 N–H and O–H groups in total. The lowest BCUT2D eigenvalue weighted by atomic mass is 9.91. The van der Waals surface area contributed by atoms with E-state index < -0.39 is 5.97 Å². The van der Waals surface area contributed by atoms with Gasteiger partial charge in [0.1, 0.15) is 0 Å². The summed E-state index contributed by atoms with van der Waals surface area (Å²) >= 11 is 0. The lowest BCUT2D eigenvalue weighted by Crippen LogP contribution is -2.42. The smallest absolute Gasteiger partial charge is 0.374 e. The summed E-state index contributed by atoms with van der Waals surface area (Å²) in [5, 5.41) is 3.47. The highest BCUT2D eigenvalue weighted by atomic mass is 16.5. The van der Waals surface area contributed by atoms with Gasteiger partial charge in [-0.2, -0.15) is 0 Å². The molecule has 3 rings (SSSR count). The second-order valence-corrected chi connectivity index (χ2v) is 6.29. The summed E-state index contributed by atoms with van der Waals surface area (Å²) in [5.74, 6) is 0.648. The minimum absolute atomic E-state index is 0.313. The summed E-state index contributed by atoms with van der Waals surface area (Å²) in [7, 11) is 3.64. The number of ether oxygens (including phenoxy) is 1. The van der Waals surface area contributed by atoms with Crippen LogP contribution in [0.3, 0.4) is 0 Å². The number of carbonyl (C=O) groups is 1. The lowest BCUT2D eigenvalue weighted by Gasteiger charge is -2.36. The number of nitrogens with one attached hydrogen (secondary N) is 1. The molecule has 2 unspecified atom stereocenters. The maximum absolute atomic E-state index is 11.5. The zero-order valence-corrected chi connectivity index (χ0v) is 12.8. The molecule has 5 heteroatoms. The molecule has 0 spiro atoms. The summed E-state index contributed by atoms with van der Waals surface area (Å²) in [6.45, 7) is 1.66. The van der Waals surface area contributed by atoms with Crippen LogP contribution in [0.5, 0.6) is 0 Å². The Bertz CT molecular complexity index is 485. The normalized spacial score (nSPS) is 28.8. The molecule has 0 aromatic carbocycles. The first-order valence-corrected chi connectivity index (χ1v) is 7.76. The predicted molar refractivity (Wildman–Crippen MR) is 79.1 cm³/mol. The highest BCUT2D eigenvalue weighted by Crippen LogP contribution is 2.37. The highest BCUT2D eigenvalue weighted by molar-refractivity contribution is 5.87. The molecule has 0 amide bonds. The molecule has 1 aromatic heterocycles. The minimum atomic E-state index is -0.408. The Balaban J connectivity index is 1.49. The standard InChI is InChI=1S/C16H24N2O3/c1-18-13-3-4-14(18)8-11(7-13)9-17-10-12-5-6-21-15(12)16(19)20-2/h5-6,11,13-14,17H,3-4,7-10H2,1-2H3. The van der Waals surface area contributed by atoms with Gasteiger partial charge in [0.2, 0.25) is 5.76 Å². The van der Waals surface area contributed by atoms with Crippen LogP contribution in [0.15, 0.2) is 16.7 Å². The van der Waals surface area contributed by atoms with Crippen LogP contribution in [0.4, 0.5) is 0 Å². The Morgan fingerprint density at radius 1 is 1.43 bits per heavy atom. The SMILES string of the molecule is COC(=O)c1occc1CNCC1CC2CCC(C1)N2C. The maximum Gasteiger partial charge on any atom is 0.374 e. The molecule has 2 aliphatic rings. The van der Waals surface area contributed by atoms with Gasteiger partial charge >= 0.3 is 5.97 Å². The first kappa shape index (κ1) is 14.6. The number of nitrogens with zero attached hydrogens (tertiary/aromatic N) is 1. The van der Waals surface area contributed by atoms with E-state index in [-0.39, 0.29) is 0 Å². The molecule has 2 atom stereocenters. The van der Waals surface area contributed by atoms with Crippen LogP contribution < -0.4 is 5.32 Å². The van der Waals surface area contributed by atoms with Gasteiger partial charge in [-0.05, 0) is 51.3 Å². The fraction of sp³-hybridized carbons (Fsp3) is 0.688. The summed E-state index contributed by atoms with van der Waals surface area (Å²) in [4.78, 5) is 14.1. The topological polar surface area (TPSA) is 54.7 Å². The summed E-state index contributed by atoms with van der Waals surface area (Å²) in [6.07, 6.45) is 6.82. The van der Waals surface area contributed by atoms with E-state index in [1.807, 2.05) is 6.07 Å². The quantitative estimate of drug-likeness (QED) is 0.842. The van der Waals surface area contributed by atoms with Gasteiger partial charge in [0, 0.05) is 24.2 Å². The minimum Gasteiger partial charge on any atom is -0.463 e. The predicted octanol–water partition coefficient (Wildman–Crippen LogP) is 2.03. The molecule has 3 heterocycles. The molecule has 0 saturated carbocycles. The van der Waals surface area contributed by atoms with Crippen LogP contribution in [0.2, 0.25) is 0 Å². The third kappa shape index (κ3) is 2.99. The molecule has 21 heavy (non-hydrogen) atoms. The summed E-state index contributed by atoms with van der Waals surface area (Å²) < 4.78 is 9.91. The molecule has 2 bridgehead atoms. The lowest BCUT2D eigenvalue weighted by molar-refractivity contribution is 0.0563. The van der Waals surface area contributed by atoms with Crippen molar-refractivity contribution in [1.29, 1.82) is 0 Å². The number of piperidine rings is 1. The van der Waals surface area contributed by atoms with Crippen molar-refractivity contribution in [3.8, 4) is 0 Å². The molecular weight excluding hydrogens is 268 g/mol. The number of hydrogen-bond acceptors (Lipinski definition) is 5. The average Bonchev–Trinajstić information content (AvgIpc) is 3.01. The van der Waals surface area contributed by atoms with Gasteiger partial charge in [0.05, 0.1) is 13.4 Å². The maximum atomic E-state index is 11.5. The van der Waals surface area contributed by atoms with Crippen LogP contribution >= 0.6 is 0 Å². The fourth-order valence-electron chi connectivity index (χ4n) is 3.85.